The van der Waals surface area contributed by atoms with Gasteiger partial charge in [0.05, 0.1) is 12.9 Å². The Bertz CT molecular complexity index is 464. The van der Waals surface area contributed by atoms with Gasteiger partial charge in [-0.25, -0.2) is 4.98 Å². The Hall–Kier alpha value is -1.85. The summed E-state index contributed by atoms with van der Waals surface area (Å²) < 4.78 is 0. The van der Waals surface area contributed by atoms with Crippen molar-refractivity contribution >= 4 is 17.7 Å². The van der Waals surface area contributed by atoms with E-state index in [1.165, 1.54) is 0 Å². The normalized spacial score (nSPS) is 18.6. The summed E-state index contributed by atoms with van der Waals surface area (Å²) in [5.74, 6) is 1.45. The molecule has 0 aliphatic carbocycles. The fraction of sp³-hybridized carbons (Fsp3) is 0.500. The first kappa shape index (κ1) is 9.38. The van der Waals surface area contributed by atoms with Crippen LogP contribution >= 0.6 is 0 Å². The molecule has 1 aromatic rings. The van der Waals surface area contributed by atoms with E-state index >= 15 is 0 Å². The van der Waals surface area contributed by atoms with E-state index < -0.39 is 0 Å². The number of hydrogen-bond acceptors (Lipinski definition) is 4. The highest BCUT2D eigenvalue weighted by Crippen LogP contribution is 2.27. The number of fused-ring (bicyclic) bond motifs is 3. The first-order valence-electron chi connectivity index (χ1n) is 5.50. The lowest BCUT2D eigenvalue weighted by molar-refractivity contribution is 0.0836. The molecule has 2 aliphatic heterocycles. The van der Waals surface area contributed by atoms with Crippen molar-refractivity contribution in [1.29, 1.82) is 0 Å². The smallest absolute Gasteiger partial charge is 0.280 e. The van der Waals surface area contributed by atoms with Crippen LogP contribution in [0.15, 0.2) is 11.3 Å². The number of nitrogens with one attached hydrogen (secondary N) is 1. The average molecular weight is 219 g/mol. The third-order valence-corrected chi connectivity index (χ3v) is 2.84. The zero-order chi connectivity index (χ0) is 11.1. The standard InChI is InChI=1S/C10H13N5O/c1-2-4-15-9(16)7-8(13-6-12-7)14-5-3-11-10(14)15/h6H,2-5H2,1H3,(H,12,13). The summed E-state index contributed by atoms with van der Waals surface area (Å²) in [7, 11) is 0. The molecule has 0 unspecified atom stereocenters. The molecule has 0 saturated carbocycles. The van der Waals surface area contributed by atoms with Crippen molar-refractivity contribution in [3.8, 4) is 0 Å². The molecule has 0 saturated heterocycles. The Morgan fingerprint density at radius 3 is 3.25 bits per heavy atom. The number of aliphatic imine (C=N–C) groups is 1. The fourth-order valence-corrected chi connectivity index (χ4v) is 2.17. The van der Waals surface area contributed by atoms with Gasteiger partial charge in [0.1, 0.15) is 5.69 Å². The maximum atomic E-state index is 12.2. The Morgan fingerprint density at radius 1 is 1.56 bits per heavy atom. The van der Waals surface area contributed by atoms with E-state index in [-0.39, 0.29) is 5.91 Å². The Labute approximate surface area is 93.0 Å². The van der Waals surface area contributed by atoms with E-state index in [1.54, 1.807) is 11.2 Å². The molecule has 6 nitrogen and oxygen atoms in total. The number of hydrogen-bond donors (Lipinski definition) is 1. The average Bonchev–Trinajstić information content (AvgIpc) is 2.90. The third-order valence-electron chi connectivity index (χ3n) is 2.84. The lowest BCUT2D eigenvalue weighted by Crippen LogP contribution is -2.50. The van der Waals surface area contributed by atoms with Gasteiger partial charge in [-0.1, -0.05) is 6.92 Å². The highest BCUT2D eigenvalue weighted by molar-refractivity contribution is 6.17. The molecule has 0 aromatic carbocycles. The van der Waals surface area contributed by atoms with E-state index in [4.69, 9.17) is 0 Å². The van der Waals surface area contributed by atoms with Crippen LogP contribution in [0.3, 0.4) is 0 Å². The molecule has 0 atom stereocenters. The Morgan fingerprint density at radius 2 is 2.44 bits per heavy atom. The van der Waals surface area contributed by atoms with E-state index in [0.29, 0.717) is 18.1 Å². The maximum absolute atomic E-state index is 12.2. The fourth-order valence-electron chi connectivity index (χ4n) is 2.17. The van der Waals surface area contributed by atoms with Gasteiger partial charge in [-0.05, 0) is 6.42 Å². The van der Waals surface area contributed by atoms with E-state index in [1.807, 2.05) is 4.90 Å². The van der Waals surface area contributed by atoms with Crippen LogP contribution in [-0.2, 0) is 0 Å². The van der Waals surface area contributed by atoms with Gasteiger partial charge in [0.2, 0.25) is 5.96 Å². The van der Waals surface area contributed by atoms with Gasteiger partial charge in [-0.3, -0.25) is 19.6 Å². The molecule has 2 aliphatic rings. The van der Waals surface area contributed by atoms with Crippen LogP contribution in [-0.4, -0.2) is 46.4 Å². The second-order valence-corrected chi connectivity index (χ2v) is 3.89. The number of carbonyl (C=O) groups is 1. The highest BCUT2D eigenvalue weighted by atomic mass is 16.2. The van der Waals surface area contributed by atoms with Gasteiger partial charge in [-0.15, -0.1) is 0 Å². The Balaban J connectivity index is 2.09. The molecule has 0 bridgehead atoms. The number of aromatic amines is 1. The number of carbonyl (C=O) groups excluding carboxylic acids is 1. The van der Waals surface area contributed by atoms with E-state index in [9.17, 15) is 4.79 Å². The number of aromatic nitrogens is 2. The molecule has 0 radical (unpaired) electrons. The number of guanidine groups is 1. The summed E-state index contributed by atoms with van der Waals surface area (Å²) in [6.07, 6.45) is 2.48. The second-order valence-electron chi connectivity index (χ2n) is 3.89. The number of rotatable bonds is 2. The van der Waals surface area contributed by atoms with Crippen molar-refractivity contribution in [3.05, 3.63) is 12.0 Å². The summed E-state index contributed by atoms with van der Waals surface area (Å²) in [4.78, 5) is 27.4. The Kier molecular flexibility index (Phi) is 1.95. The lowest BCUT2D eigenvalue weighted by atomic mass is 10.2. The molecule has 1 aromatic heterocycles. The summed E-state index contributed by atoms with van der Waals surface area (Å²) >= 11 is 0. The van der Waals surface area contributed by atoms with Crippen LogP contribution in [0, 0.1) is 0 Å². The molecule has 1 amide bonds. The molecule has 3 rings (SSSR count). The molecule has 3 heterocycles. The minimum atomic E-state index is -0.0220. The second kappa shape index (κ2) is 3.33. The van der Waals surface area contributed by atoms with Crippen molar-refractivity contribution in [1.82, 2.24) is 14.9 Å². The van der Waals surface area contributed by atoms with Crippen molar-refractivity contribution in [2.24, 2.45) is 4.99 Å². The molecule has 16 heavy (non-hydrogen) atoms. The summed E-state index contributed by atoms with van der Waals surface area (Å²) in [5, 5.41) is 0. The van der Waals surface area contributed by atoms with Crippen LogP contribution in [0.4, 0.5) is 5.82 Å². The van der Waals surface area contributed by atoms with Crippen LogP contribution in [0.25, 0.3) is 0 Å². The number of amides is 1. The highest BCUT2D eigenvalue weighted by Gasteiger charge is 2.38. The monoisotopic (exact) mass is 219 g/mol. The third kappa shape index (κ3) is 1.09. The summed E-state index contributed by atoms with van der Waals surface area (Å²) in [6, 6.07) is 0. The number of imidazole rings is 1. The van der Waals surface area contributed by atoms with Crippen molar-refractivity contribution in [3.63, 3.8) is 0 Å². The van der Waals surface area contributed by atoms with Gasteiger partial charge in [0.15, 0.2) is 5.82 Å². The van der Waals surface area contributed by atoms with Crippen LogP contribution in [0.5, 0.6) is 0 Å². The molecular weight excluding hydrogens is 206 g/mol. The van der Waals surface area contributed by atoms with Crippen molar-refractivity contribution in [2.75, 3.05) is 24.5 Å². The molecule has 0 fully saturated rings. The number of nitrogens with zero attached hydrogens (tertiary/aromatic N) is 4. The largest absolute Gasteiger partial charge is 0.339 e. The molecular formula is C10H13N5O. The van der Waals surface area contributed by atoms with E-state index in [2.05, 4.69) is 21.9 Å². The van der Waals surface area contributed by atoms with Gasteiger partial charge >= 0.3 is 0 Å². The maximum Gasteiger partial charge on any atom is 0.280 e. The van der Waals surface area contributed by atoms with Gasteiger partial charge in [0.25, 0.3) is 5.91 Å². The predicted molar refractivity (Wildman–Crippen MR) is 59.6 cm³/mol. The zero-order valence-corrected chi connectivity index (χ0v) is 9.10. The topological polar surface area (TPSA) is 64.6 Å². The van der Waals surface area contributed by atoms with Crippen LogP contribution in [0.1, 0.15) is 23.8 Å². The van der Waals surface area contributed by atoms with Crippen molar-refractivity contribution in [2.45, 2.75) is 13.3 Å². The minimum absolute atomic E-state index is 0.0220. The molecule has 84 valence electrons. The first-order valence-corrected chi connectivity index (χ1v) is 5.50. The molecule has 1 N–H and O–H groups in total. The number of H-pyrrole nitrogens is 1. The van der Waals surface area contributed by atoms with Crippen LogP contribution in [0.2, 0.25) is 0 Å². The summed E-state index contributed by atoms with van der Waals surface area (Å²) in [6.45, 7) is 4.29. The van der Waals surface area contributed by atoms with Gasteiger partial charge in [-0.2, -0.15) is 0 Å². The SMILES string of the molecule is CCCN1C(=O)c2[nH]cnc2N2CCN=C12. The molecule has 0 spiro atoms. The number of anilines is 1. The minimum Gasteiger partial charge on any atom is -0.339 e. The predicted octanol–water partition coefficient (Wildman–Crippen LogP) is 0.452. The van der Waals surface area contributed by atoms with Gasteiger partial charge < -0.3 is 4.98 Å². The van der Waals surface area contributed by atoms with Gasteiger partial charge in [0, 0.05) is 13.1 Å². The lowest BCUT2D eigenvalue weighted by Gasteiger charge is -2.32. The first-order chi connectivity index (χ1) is 7.83. The molecule has 6 heteroatoms. The quantitative estimate of drug-likeness (QED) is 0.785. The summed E-state index contributed by atoms with van der Waals surface area (Å²) in [5.41, 5.74) is 0.578. The van der Waals surface area contributed by atoms with E-state index in [0.717, 1.165) is 25.5 Å². The zero-order valence-electron chi connectivity index (χ0n) is 9.10. The van der Waals surface area contributed by atoms with Crippen LogP contribution < -0.4 is 4.90 Å². The van der Waals surface area contributed by atoms with Crippen molar-refractivity contribution < 1.29 is 4.79 Å².